The molecule has 7 nitrogen and oxygen atoms in total. The third kappa shape index (κ3) is 36.3. The molecule has 532 valence electrons. The quantitative estimate of drug-likeness (QED) is 0.102. The number of ether oxygens (including phenoxy) is 1. The number of non-ortho nitro benzene ring substituents is 1. The standard InChI is InChI=1S/C15H23NO2.C10H12Cl2.2C10H13Cl.C10H12F2.C10H13NO2.C10H15N.C9H14/c1-14(2,3)11-8-7-9-12(10-11)16-13(17)18-15(4,5)6;1-10(2,3)7-4-5-8(11)9(12)6-7;1-10(2,3)8-4-6-9(11)7-5-8;1-10(2,3)8-5-4-6-9(11)7-8;1-10(2,3)7-4-5-8(11)9(12)6-7;1-10(2,3)8-4-6-9(7-5-8)11(12)13;1-10(2,3)8-4-6-9(11)7-5-8;1-9(2,3)8-6-4-5-7-8/h7-10H,1-6H3,(H,16,17);4-6H,1-3H3;2*4-7H,1-3H3;4-6H,1-3H3;4-7H,1-3H3;4-7H,11H2,1-3H3;4-6H,7H2,1-3H3. The van der Waals surface area contributed by atoms with E-state index in [1.807, 2.05) is 120 Å². The molecule has 8 rings (SSSR count). The summed E-state index contributed by atoms with van der Waals surface area (Å²) in [5, 5.41) is 16.0. The van der Waals surface area contributed by atoms with E-state index in [4.69, 9.17) is 56.9 Å². The number of nitrogen functional groups attached to an aromatic ring is 1. The molecular weight excluding hydrogens is 1290 g/mol. The van der Waals surface area contributed by atoms with Crippen LogP contribution in [0.2, 0.25) is 20.1 Å². The number of nitro benzene ring substituents is 1. The highest BCUT2D eigenvalue weighted by Gasteiger charge is 2.21. The van der Waals surface area contributed by atoms with Gasteiger partial charge in [-0.25, -0.2) is 13.6 Å². The maximum Gasteiger partial charge on any atom is 0.412 e. The third-order valence-corrected chi connectivity index (χ3v) is 16.0. The highest BCUT2D eigenvalue weighted by atomic mass is 35.5. The molecule has 1 aliphatic rings. The van der Waals surface area contributed by atoms with E-state index in [-0.39, 0.29) is 48.5 Å². The van der Waals surface area contributed by atoms with E-state index in [2.05, 4.69) is 205 Å². The summed E-state index contributed by atoms with van der Waals surface area (Å²) >= 11 is 23.3. The van der Waals surface area contributed by atoms with Crippen LogP contribution in [0.25, 0.3) is 0 Å². The highest BCUT2D eigenvalue weighted by Crippen LogP contribution is 2.33. The van der Waals surface area contributed by atoms with Gasteiger partial charge in [0.2, 0.25) is 0 Å². The molecule has 0 fully saturated rings. The summed E-state index contributed by atoms with van der Waals surface area (Å²) in [6.07, 6.45) is 7.30. The van der Waals surface area contributed by atoms with Gasteiger partial charge in [0.25, 0.3) is 5.69 Å². The van der Waals surface area contributed by atoms with Crippen LogP contribution in [0.5, 0.6) is 0 Å². The number of halogens is 6. The normalized spacial score (nSPS) is 12.3. The van der Waals surface area contributed by atoms with Crippen molar-refractivity contribution in [3.8, 4) is 0 Å². The molecule has 0 atom stereocenters. The fraction of sp³-hybridized carbons (Fsp3) is 0.440. The number of nitro groups is 1. The summed E-state index contributed by atoms with van der Waals surface area (Å²) in [5.74, 6) is -1.56. The van der Waals surface area contributed by atoms with Crippen LogP contribution in [0.4, 0.5) is 30.6 Å². The van der Waals surface area contributed by atoms with Crippen molar-refractivity contribution in [1.82, 2.24) is 0 Å². The Morgan fingerprint density at radius 1 is 0.433 bits per heavy atom. The van der Waals surface area contributed by atoms with Crippen molar-refractivity contribution in [3.05, 3.63) is 262 Å². The monoisotopic (exact) mass is 1410 g/mol. The summed E-state index contributed by atoms with van der Waals surface area (Å²) in [6.45, 7) is 57.0. The fourth-order valence-electron chi connectivity index (χ4n) is 8.38. The zero-order valence-corrected chi connectivity index (χ0v) is 66.4. The second-order valence-corrected chi connectivity index (χ2v) is 34.9. The van der Waals surface area contributed by atoms with Gasteiger partial charge in [-0.15, -0.1) is 0 Å². The van der Waals surface area contributed by atoms with Crippen LogP contribution >= 0.6 is 46.4 Å². The van der Waals surface area contributed by atoms with Crippen LogP contribution in [0, 0.1) is 27.2 Å². The molecule has 0 heterocycles. The minimum absolute atomic E-state index is 0.0507. The lowest BCUT2D eigenvalue weighted by molar-refractivity contribution is -0.384. The fourth-order valence-corrected chi connectivity index (χ4v) is 9.00. The first-order chi connectivity index (χ1) is 43.9. The minimum atomic E-state index is -0.789. The Morgan fingerprint density at radius 3 is 1.16 bits per heavy atom. The molecule has 0 aliphatic heterocycles. The second kappa shape index (κ2) is 37.6. The van der Waals surface area contributed by atoms with E-state index in [0.717, 1.165) is 45.0 Å². The zero-order valence-electron chi connectivity index (χ0n) is 63.4. The van der Waals surface area contributed by atoms with Gasteiger partial charge >= 0.3 is 6.09 Å². The van der Waals surface area contributed by atoms with E-state index in [1.54, 1.807) is 35.9 Å². The number of benzene rings is 7. The maximum absolute atomic E-state index is 12.7. The average molecular weight is 1410 g/mol. The van der Waals surface area contributed by atoms with E-state index in [0.29, 0.717) is 15.5 Å². The molecule has 0 bridgehead atoms. The second-order valence-electron chi connectivity index (χ2n) is 33.2. The molecule has 0 saturated carbocycles. The first-order valence-electron chi connectivity index (χ1n) is 32.9. The Hall–Kier alpha value is -6.49. The first-order valence-corrected chi connectivity index (χ1v) is 34.4. The number of carbonyl (C=O) groups excluding carboxylic acids is 1. The number of amides is 1. The van der Waals surface area contributed by atoms with E-state index < -0.39 is 23.3 Å². The van der Waals surface area contributed by atoms with Crippen LogP contribution in [0.3, 0.4) is 0 Å². The van der Waals surface area contributed by atoms with E-state index in [1.165, 1.54) is 33.9 Å². The SMILES string of the molecule is CC(C)(C)C1=CC=CC1.CC(C)(C)OC(=O)Nc1cccc(C(C)(C)C)c1.CC(C)(C)c1ccc(Cl)c(Cl)c1.CC(C)(C)c1ccc(Cl)cc1.CC(C)(C)c1ccc(F)c(F)c1.CC(C)(C)c1ccc(N)cc1.CC(C)(C)c1ccc([N+](=O)[O-])cc1.CC(C)(C)c1cccc(Cl)c1. The third-order valence-electron chi connectivity index (χ3n) is 14.8. The first kappa shape index (κ1) is 88.5. The lowest BCUT2D eigenvalue weighted by Gasteiger charge is -2.21. The zero-order chi connectivity index (χ0) is 75.1. The molecule has 3 N–H and O–H groups in total. The number of anilines is 2. The summed E-state index contributed by atoms with van der Waals surface area (Å²) < 4.78 is 30.5. The number of carbonyl (C=O) groups is 1. The van der Waals surface area contributed by atoms with Gasteiger partial charge < -0.3 is 10.5 Å². The molecule has 0 saturated heterocycles. The van der Waals surface area contributed by atoms with Crippen molar-refractivity contribution in [3.63, 3.8) is 0 Å². The molecule has 13 heteroatoms. The minimum Gasteiger partial charge on any atom is -0.444 e. The molecule has 97 heavy (non-hydrogen) atoms. The number of hydrogen-bond acceptors (Lipinski definition) is 5. The summed E-state index contributed by atoms with van der Waals surface area (Å²) in [6, 6.07) is 48.4. The van der Waals surface area contributed by atoms with Gasteiger partial charge in [0.1, 0.15) is 5.60 Å². The predicted octanol–water partition coefficient (Wildman–Crippen LogP) is 27.5. The van der Waals surface area contributed by atoms with Gasteiger partial charge in [-0.1, -0.05) is 309 Å². The lowest BCUT2D eigenvalue weighted by atomic mass is 9.86. The van der Waals surface area contributed by atoms with Crippen molar-refractivity contribution in [1.29, 1.82) is 0 Å². The van der Waals surface area contributed by atoms with Gasteiger partial charge in [-0.3, -0.25) is 15.4 Å². The molecule has 0 unspecified atom stereocenters. The van der Waals surface area contributed by atoms with Crippen LogP contribution in [0.1, 0.15) is 232 Å². The van der Waals surface area contributed by atoms with Gasteiger partial charge in [0, 0.05) is 33.6 Å². The largest absolute Gasteiger partial charge is 0.444 e. The maximum atomic E-state index is 12.7. The number of nitrogens with one attached hydrogen (secondary N) is 1. The Morgan fingerprint density at radius 2 is 0.814 bits per heavy atom. The number of allylic oxidation sites excluding steroid dienone is 4. The smallest absolute Gasteiger partial charge is 0.412 e. The van der Waals surface area contributed by atoms with E-state index >= 15 is 0 Å². The Balaban J connectivity index is 0.000000558. The molecule has 1 amide bonds. The molecule has 0 spiro atoms. The van der Waals surface area contributed by atoms with Crippen molar-refractivity contribution < 1.29 is 23.2 Å². The number of rotatable bonds is 2. The Kier molecular flexibility index (Phi) is 34.3. The lowest BCUT2D eigenvalue weighted by Crippen LogP contribution is -2.27. The van der Waals surface area contributed by atoms with Crippen molar-refractivity contribution >= 4 is 69.6 Å². The Bertz CT molecular complexity index is 3490. The van der Waals surface area contributed by atoms with Gasteiger partial charge in [-0.05, 0) is 182 Å². The highest BCUT2D eigenvalue weighted by molar-refractivity contribution is 6.42. The number of nitrogens with two attached hydrogens (primary N) is 1. The van der Waals surface area contributed by atoms with Crippen molar-refractivity contribution in [2.75, 3.05) is 11.1 Å². The molecule has 0 radical (unpaired) electrons. The number of hydrogen-bond donors (Lipinski definition) is 2. The summed E-state index contributed by atoms with van der Waals surface area (Å²) in [4.78, 5) is 21.6. The molecule has 0 aromatic heterocycles. The van der Waals surface area contributed by atoms with Gasteiger partial charge in [-0.2, -0.15) is 0 Å². The van der Waals surface area contributed by atoms with Gasteiger partial charge in [0.05, 0.1) is 15.0 Å². The topological polar surface area (TPSA) is 107 Å². The predicted molar refractivity (Wildman–Crippen MR) is 418 cm³/mol. The molecule has 7 aromatic carbocycles. The summed E-state index contributed by atoms with van der Waals surface area (Å²) in [7, 11) is 0. The average Bonchev–Trinajstić information content (AvgIpc) is 1.50. The van der Waals surface area contributed by atoms with E-state index in [9.17, 15) is 23.7 Å². The van der Waals surface area contributed by atoms with Crippen LogP contribution in [-0.4, -0.2) is 16.6 Å². The molecular formula is C84H115Cl4F2N3O4. The number of nitrogens with zero attached hydrogens (tertiary/aromatic N) is 1. The van der Waals surface area contributed by atoms with Crippen LogP contribution < -0.4 is 11.1 Å². The Labute approximate surface area is 604 Å². The van der Waals surface area contributed by atoms with Crippen molar-refractivity contribution in [2.24, 2.45) is 5.41 Å². The summed E-state index contributed by atoms with van der Waals surface area (Å²) in [5.41, 5.74) is 17.7. The molecule has 1 aliphatic carbocycles. The van der Waals surface area contributed by atoms with Gasteiger partial charge in [0.15, 0.2) is 11.6 Å². The van der Waals surface area contributed by atoms with Crippen molar-refractivity contribution in [2.45, 2.75) is 237 Å². The molecule has 7 aromatic rings. The van der Waals surface area contributed by atoms with Crippen LogP contribution in [0.15, 0.2) is 182 Å². The van der Waals surface area contributed by atoms with Crippen LogP contribution in [-0.2, 0) is 42.6 Å².